The normalized spacial score (nSPS) is 12.5. The Morgan fingerprint density at radius 2 is 1.41 bits per heavy atom. The second-order valence-corrected chi connectivity index (χ2v) is 10.8. The summed E-state index contributed by atoms with van der Waals surface area (Å²) in [5, 5.41) is 15.7. The zero-order valence-corrected chi connectivity index (χ0v) is 23.1. The van der Waals surface area contributed by atoms with Crippen molar-refractivity contribution in [3.8, 4) is 0 Å². The Morgan fingerprint density at radius 3 is 1.92 bits per heavy atom. The second-order valence-electron chi connectivity index (χ2n) is 9.21. The maximum atomic E-state index is 12.4. The van der Waals surface area contributed by atoms with Crippen LogP contribution in [0.4, 0.5) is 0 Å². The first kappa shape index (κ1) is 35.0. The molecule has 0 saturated carbocycles. The van der Waals surface area contributed by atoms with Gasteiger partial charge >= 0.3 is 11.9 Å². The molecule has 3 N–H and O–H groups in total. The summed E-state index contributed by atoms with van der Waals surface area (Å²) in [5.74, 6) is -3.18. The first-order chi connectivity index (χ1) is 17.6. The number of hydrogen-bond donors (Lipinski definition) is 3. The van der Waals surface area contributed by atoms with Crippen LogP contribution in [0, 0.1) is 0 Å². The molecule has 11 heteroatoms. The maximum Gasteiger partial charge on any atom is 0.325 e. The Hall–Kier alpha value is -1.98. The number of carbonyl (C=O) groups excluding carboxylic acids is 2. The van der Waals surface area contributed by atoms with Crippen molar-refractivity contribution in [1.82, 2.24) is 4.90 Å². The third kappa shape index (κ3) is 19.8. The third-order valence-corrected chi connectivity index (χ3v) is 7.07. The highest BCUT2D eigenvalue weighted by Gasteiger charge is 2.34. The zero-order chi connectivity index (χ0) is 27.9. The molecule has 0 fully saturated rings. The van der Waals surface area contributed by atoms with Gasteiger partial charge in [-0.3, -0.25) is 18.9 Å². The average Bonchev–Trinajstić information content (AvgIpc) is 2.83. The number of amides is 1. The fourth-order valence-electron chi connectivity index (χ4n) is 3.79. The highest BCUT2D eigenvalue weighted by molar-refractivity contribution is 7.87. The number of unbranched alkanes of at least 4 members (excludes halogenated alkanes) is 11. The molecule has 0 saturated heterocycles. The van der Waals surface area contributed by atoms with Crippen LogP contribution in [0.5, 0.6) is 0 Å². The molecule has 0 aliphatic carbocycles. The molecule has 0 aromatic rings. The van der Waals surface area contributed by atoms with E-state index < -0.39 is 33.7 Å². The Balaban J connectivity index is 4.00. The van der Waals surface area contributed by atoms with Crippen LogP contribution in [0.2, 0.25) is 0 Å². The number of hydrogen-bond acceptors (Lipinski definition) is 7. The van der Waals surface area contributed by atoms with Crippen LogP contribution >= 0.6 is 0 Å². The molecule has 0 aliphatic rings. The van der Waals surface area contributed by atoms with Gasteiger partial charge < -0.3 is 19.8 Å². The molecule has 0 rings (SSSR count). The molecule has 37 heavy (non-hydrogen) atoms. The predicted octanol–water partition coefficient (Wildman–Crippen LogP) is 4.12. The van der Waals surface area contributed by atoms with Gasteiger partial charge in [0.25, 0.3) is 10.1 Å². The molecule has 0 bridgehead atoms. The molecule has 1 unspecified atom stereocenters. The molecule has 10 nitrogen and oxygen atoms in total. The predicted molar refractivity (Wildman–Crippen MR) is 142 cm³/mol. The number of carboxylic acid groups (broad SMARTS) is 1. The van der Waals surface area contributed by atoms with Crippen LogP contribution in [0.1, 0.15) is 103 Å². The number of ether oxygens (including phenoxy) is 1. The molecular formula is C26H47NO9S. The van der Waals surface area contributed by atoms with Crippen LogP contribution in [-0.2, 0) is 29.2 Å². The Morgan fingerprint density at radius 1 is 0.865 bits per heavy atom. The van der Waals surface area contributed by atoms with E-state index in [1.165, 1.54) is 43.4 Å². The van der Waals surface area contributed by atoms with Crippen molar-refractivity contribution in [3.05, 3.63) is 12.2 Å². The minimum absolute atomic E-state index is 0.0141. The number of aliphatic hydroxyl groups is 1. The fraction of sp³-hybridized carbons (Fsp3) is 0.808. The Labute approximate surface area is 222 Å². The highest BCUT2D eigenvalue weighted by Crippen LogP contribution is 2.11. The van der Waals surface area contributed by atoms with Crippen molar-refractivity contribution < 1.29 is 42.3 Å². The van der Waals surface area contributed by atoms with Crippen molar-refractivity contribution >= 4 is 28.0 Å². The summed E-state index contributed by atoms with van der Waals surface area (Å²) >= 11 is 0. The van der Waals surface area contributed by atoms with E-state index in [4.69, 9.17) is 14.4 Å². The molecule has 0 spiro atoms. The molecule has 0 aliphatic heterocycles. The topological polar surface area (TPSA) is 159 Å². The lowest BCUT2D eigenvalue weighted by Crippen LogP contribution is -2.37. The van der Waals surface area contributed by atoms with Gasteiger partial charge in [-0.15, -0.1) is 0 Å². The third-order valence-electron chi connectivity index (χ3n) is 5.99. The molecule has 0 heterocycles. The lowest BCUT2D eigenvalue weighted by molar-refractivity contribution is -0.148. The van der Waals surface area contributed by atoms with Crippen molar-refractivity contribution in [2.75, 3.05) is 26.3 Å². The zero-order valence-electron chi connectivity index (χ0n) is 22.3. The molecule has 0 radical (unpaired) electrons. The van der Waals surface area contributed by atoms with Crippen molar-refractivity contribution in [3.63, 3.8) is 0 Å². The van der Waals surface area contributed by atoms with E-state index in [2.05, 4.69) is 19.1 Å². The lowest BCUT2D eigenvalue weighted by atomic mass is 10.1. The van der Waals surface area contributed by atoms with Gasteiger partial charge in [0, 0.05) is 13.0 Å². The molecular weight excluding hydrogens is 502 g/mol. The quantitative estimate of drug-likeness (QED) is 0.0697. The van der Waals surface area contributed by atoms with Gasteiger partial charge in [-0.25, -0.2) is 0 Å². The SMILES string of the molecule is CCCCCCCCC=CCCCCCCCC(=O)N(CCO)CCOC(=O)CC(C(=O)O)S(=O)(=O)O. The number of nitrogens with zero attached hydrogens (tertiary/aromatic N) is 1. The van der Waals surface area contributed by atoms with Crippen LogP contribution in [0.3, 0.4) is 0 Å². The molecule has 216 valence electrons. The monoisotopic (exact) mass is 549 g/mol. The van der Waals surface area contributed by atoms with Gasteiger partial charge in [0.1, 0.15) is 6.61 Å². The smallest absolute Gasteiger partial charge is 0.325 e. The molecule has 0 aromatic heterocycles. The van der Waals surface area contributed by atoms with E-state index in [1.54, 1.807) is 0 Å². The van der Waals surface area contributed by atoms with E-state index >= 15 is 0 Å². The van der Waals surface area contributed by atoms with E-state index in [1.807, 2.05) is 0 Å². The first-order valence-corrected chi connectivity index (χ1v) is 15.0. The van der Waals surface area contributed by atoms with Gasteiger partial charge in [0.15, 0.2) is 5.25 Å². The summed E-state index contributed by atoms with van der Waals surface area (Å²) in [6.45, 7) is 1.72. The summed E-state index contributed by atoms with van der Waals surface area (Å²) in [7, 11) is -4.95. The Bertz CT molecular complexity index is 768. The lowest BCUT2D eigenvalue weighted by Gasteiger charge is -2.21. The van der Waals surface area contributed by atoms with Crippen LogP contribution < -0.4 is 0 Å². The number of aliphatic hydroxyl groups excluding tert-OH is 1. The Kier molecular flexibility index (Phi) is 20.9. The summed E-state index contributed by atoms with van der Waals surface area (Å²) in [6.07, 6.45) is 18.8. The number of rotatable bonds is 24. The number of aliphatic carboxylic acids is 1. The highest BCUT2D eigenvalue weighted by atomic mass is 32.2. The summed E-state index contributed by atoms with van der Waals surface area (Å²) in [6, 6.07) is 0. The number of carbonyl (C=O) groups is 3. The van der Waals surface area contributed by atoms with Crippen LogP contribution in [-0.4, -0.2) is 77.5 Å². The second kappa shape index (κ2) is 22.0. The minimum atomic E-state index is -4.95. The van der Waals surface area contributed by atoms with Crippen LogP contribution in [0.25, 0.3) is 0 Å². The van der Waals surface area contributed by atoms with E-state index in [-0.39, 0.29) is 32.2 Å². The van der Waals surface area contributed by atoms with Gasteiger partial charge in [0.05, 0.1) is 19.6 Å². The molecule has 0 aromatic carbocycles. The first-order valence-electron chi connectivity index (χ1n) is 13.5. The van der Waals surface area contributed by atoms with E-state index in [9.17, 15) is 27.9 Å². The fourth-order valence-corrected chi connectivity index (χ4v) is 4.39. The van der Waals surface area contributed by atoms with Gasteiger partial charge in [-0.05, 0) is 32.1 Å². The standard InChI is InChI=1S/C26H47NO9S/c1-2-3-4-5-6-7-8-9-10-11-12-13-14-15-16-17-24(29)27(18-20-28)19-21-36-25(30)22-23(26(31)32)37(33,34)35/h9-10,23,28H,2-8,11-22H2,1H3,(H,31,32)(H,33,34,35). The number of esters is 1. The van der Waals surface area contributed by atoms with E-state index in [0.717, 1.165) is 38.5 Å². The largest absolute Gasteiger partial charge is 0.480 e. The maximum absolute atomic E-state index is 12.4. The number of allylic oxidation sites excluding steroid dienone is 2. The summed E-state index contributed by atoms with van der Waals surface area (Å²) in [4.78, 5) is 36.4. The van der Waals surface area contributed by atoms with Crippen molar-refractivity contribution in [2.45, 2.75) is 108 Å². The summed E-state index contributed by atoms with van der Waals surface area (Å²) < 4.78 is 35.8. The molecule has 1 atom stereocenters. The minimum Gasteiger partial charge on any atom is -0.480 e. The summed E-state index contributed by atoms with van der Waals surface area (Å²) in [5.41, 5.74) is 0. The van der Waals surface area contributed by atoms with Crippen molar-refractivity contribution in [1.29, 1.82) is 0 Å². The number of carboxylic acids is 1. The van der Waals surface area contributed by atoms with Gasteiger partial charge in [-0.1, -0.05) is 70.4 Å². The van der Waals surface area contributed by atoms with Gasteiger partial charge in [-0.2, -0.15) is 8.42 Å². The van der Waals surface area contributed by atoms with E-state index in [0.29, 0.717) is 12.8 Å². The van der Waals surface area contributed by atoms with Crippen molar-refractivity contribution in [2.24, 2.45) is 0 Å². The van der Waals surface area contributed by atoms with Gasteiger partial charge in [0.2, 0.25) is 5.91 Å². The molecule has 1 amide bonds. The van der Waals surface area contributed by atoms with Crippen LogP contribution in [0.15, 0.2) is 12.2 Å². The average molecular weight is 550 g/mol.